The molecule has 0 fully saturated rings. The lowest BCUT2D eigenvalue weighted by atomic mass is 10.2. The van der Waals surface area contributed by atoms with Crippen LogP contribution >= 0.6 is 0 Å². The normalized spacial score (nSPS) is 10.8. The molecular weight excluding hydrogens is 258 g/mol. The van der Waals surface area contributed by atoms with Crippen molar-refractivity contribution in [2.75, 3.05) is 19.0 Å². The summed E-state index contributed by atoms with van der Waals surface area (Å²) >= 11 is 0. The van der Waals surface area contributed by atoms with Crippen molar-refractivity contribution in [1.29, 1.82) is 0 Å². The van der Waals surface area contributed by atoms with E-state index in [0.717, 1.165) is 11.3 Å². The van der Waals surface area contributed by atoms with Gasteiger partial charge >= 0.3 is 0 Å². The Morgan fingerprint density at radius 3 is 2.55 bits per heavy atom. The van der Waals surface area contributed by atoms with Gasteiger partial charge < -0.3 is 4.90 Å². The van der Waals surface area contributed by atoms with E-state index in [1.165, 1.54) is 0 Å². The molecule has 0 aliphatic carbocycles. The van der Waals surface area contributed by atoms with Crippen molar-refractivity contribution in [2.45, 2.75) is 6.92 Å². The number of carbonyl (C=O) groups excluding carboxylic acids is 1. The molecule has 0 aliphatic heterocycles. The van der Waals surface area contributed by atoms with Crippen LogP contribution in [0.3, 0.4) is 0 Å². The molecule has 1 aromatic carbocycles. The van der Waals surface area contributed by atoms with Crippen molar-refractivity contribution in [3.8, 4) is 0 Å². The Hall–Kier alpha value is -2.70. The molecule has 0 spiro atoms. The highest BCUT2D eigenvalue weighted by atomic mass is 16.6. The smallest absolute Gasteiger partial charge is 0.295 e. The number of anilines is 1. The fourth-order valence-corrected chi connectivity index (χ4v) is 1.51. The summed E-state index contributed by atoms with van der Waals surface area (Å²) in [5.74, 6) is -0.454. The maximum Gasteiger partial charge on any atom is 0.295 e. The number of nitrogens with zero attached hydrogens (tertiary/aromatic N) is 4. The summed E-state index contributed by atoms with van der Waals surface area (Å²) in [6.07, 6.45) is 1.56. The van der Waals surface area contributed by atoms with Gasteiger partial charge in [-0.2, -0.15) is 5.10 Å². The molecule has 1 heterocycles. The summed E-state index contributed by atoms with van der Waals surface area (Å²) < 4.78 is 4.45. The van der Waals surface area contributed by atoms with E-state index in [2.05, 4.69) is 25.5 Å². The van der Waals surface area contributed by atoms with Gasteiger partial charge in [0.1, 0.15) is 5.69 Å². The third kappa shape index (κ3) is 3.19. The third-order valence-electron chi connectivity index (χ3n) is 2.66. The number of aryl methyl sites for hydroxylation is 1. The summed E-state index contributed by atoms with van der Waals surface area (Å²) in [5.41, 5.74) is 4.90. The maximum absolute atomic E-state index is 11.7. The van der Waals surface area contributed by atoms with Crippen LogP contribution in [0.5, 0.6) is 0 Å². The highest BCUT2D eigenvalue weighted by molar-refractivity contribution is 5.93. The van der Waals surface area contributed by atoms with Gasteiger partial charge in [-0.05, 0) is 29.8 Å². The standard InChI is InChI=1S/C13H15N5O2/c1-9-12(17-20-16-9)13(19)15-14-8-10-4-6-11(7-5-10)18(2)3/h4-8H,1-3H3,(H,15,19). The number of hydrazone groups is 1. The number of aromatic nitrogens is 2. The van der Waals surface area contributed by atoms with Gasteiger partial charge in [-0.1, -0.05) is 17.3 Å². The first-order chi connectivity index (χ1) is 9.58. The van der Waals surface area contributed by atoms with E-state index in [1.807, 2.05) is 43.3 Å². The molecule has 104 valence electrons. The SMILES string of the molecule is Cc1nonc1C(=O)NN=Cc1ccc(N(C)C)cc1. The lowest BCUT2D eigenvalue weighted by Gasteiger charge is -2.11. The van der Waals surface area contributed by atoms with Crippen LogP contribution in [0.25, 0.3) is 0 Å². The van der Waals surface area contributed by atoms with Gasteiger partial charge in [-0.3, -0.25) is 4.79 Å². The minimum absolute atomic E-state index is 0.130. The molecule has 0 unspecified atom stereocenters. The second kappa shape index (κ2) is 5.96. The number of hydrogen-bond acceptors (Lipinski definition) is 6. The molecule has 1 amide bonds. The Balaban J connectivity index is 1.96. The van der Waals surface area contributed by atoms with Crippen molar-refractivity contribution in [3.05, 3.63) is 41.2 Å². The lowest BCUT2D eigenvalue weighted by Crippen LogP contribution is -2.19. The van der Waals surface area contributed by atoms with E-state index in [-0.39, 0.29) is 5.69 Å². The number of nitrogens with one attached hydrogen (secondary N) is 1. The van der Waals surface area contributed by atoms with Crippen molar-refractivity contribution in [2.24, 2.45) is 5.10 Å². The number of hydrogen-bond donors (Lipinski definition) is 1. The summed E-state index contributed by atoms with van der Waals surface area (Å²) in [7, 11) is 3.94. The summed E-state index contributed by atoms with van der Waals surface area (Å²) in [5, 5.41) is 10.9. The molecule has 2 aromatic rings. The number of carbonyl (C=O) groups is 1. The average molecular weight is 273 g/mol. The van der Waals surface area contributed by atoms with Crippen LogP contribution in [-0.4, -0.2) is 36.5 Å². The molecule has 2 rings (SSSR count). The van der Waals surface area contributed by atoms with Gasteiger partial charge in [-0.15, -0.1) is 0 Å². The Labute approximate surface area is 116 Å². The third-order valence-corrected chi connectivity index (χ3v) is 2.66. The number of rotatable bonds is 4. The largest absolute Gasteiger partial charge is 0.378 e. The molecule has 0 saturated heterocycles. The average Bonchev–Trinajstić information content (AvgIpc) is 2.85. The molecule has 0 saturated carbocycles. The van der Waals surface area contributed by atoms with Crippen LogP contribution in [-0.2, 0) is 0 Å². The van der Waals surface area contributed by atoms with Crippen molar-refractivity contribution in [3.63, 3.8) is 0 Å². The Bertz CT molecular complexity index is 616. The molecule has 0 radical (unpaired) electrons. The van der Waals surface area contributed by atoms with Crippen molar-refractivity contribution in [1.82, 2.24) is 15.7 Å². The zero-order valence-corrected chi connectivity index (χ0v) is 11.5. The summed E-state index contributed by atoms with van der Waals surface area (Å²) in [6.45, 7) is 1.63. The highest BCUT2D eigenvalue weighted by Crippen LogP contribution is 2.10. The van der Waals surface area contributed by atoms with Crippen LogP contribution < -0.4 is 10.3 Å². The van der Waals surface area contributed by atoms with Crippen LogP contribution in [0.2, 0.25) is 0 Å². The van der Waals surface area contributed by atoms with E-state index in [1.54, 1.807) is 13.1 Å². The fraction of sp³-hybridized carbons (Fsp3) is 0.231. The highest BCUT2D eigenvalue weighted by Gasteiger charge is 2.13. The van der Waals surface area contributed by atoms with E-state index >= 15 is 0 Å². The topological polar surface area (TPSA) is 83.6 Å². The quantitative estimate of drug-likeness (QED) is 0.668. The Morgan fingerprint density at radius 2 is 2.00 bits per heavy atom. The first kappa shape index (κ1) is 13.7. The van der Waals surface area contributed by atoms with Gasteiger partial charge in [0.2, 0.25) is 0 Å². The second-order valence-corrected chi connectivity index (χ2v) is 4.38. The first-order valence-corrected chi connectivity index (χ1v) is 5.98. The number of amides is 1. The molecule has 20 heavy (non-hydrogen) atoms. The van der Waals surface area contributed by atoms with Gasteiger partial charge in [0.15, 0.2) is 5.69 Å². The summed E-state index contributed by atoms with van der Waals surface area (Å²) in [6, 6.07) is 7.76. The minimum Gasteiger partial charge on any atom is -0.378 e. The Morgan fingerprint density at radius 1 is 1.30 bits per heavy atom. The van der Waals surface area contributed by atoms with Gasteiger partial charge in [-0.25, -0.2) is 10.1 Å². The van der Waals surface area contributed by atoms with Crippen LogP contribution in [0.4, 0.5) is 5.69 Å². The molecule has 7 nitrogen and oxygen atoms in total. The van der Waals surface area contributed by atoms with Crippen LogP contribution in [0.1, 0.15) is 21.7 Å². The fourth-order valence-electron chi connectivity index (χ4n) is 1.51. The van der Waals surface area contributed by atoms with Gasteiger partial charge in [0.05, 0.1) is 6.21 Å². The monoisotopic (exact) mass is 273 g/mol. The molecule has 7 heteroatoms. The van der Waals surface area contributed by atoms with E-state index in [9.17, 15) is 4.79 Å². The molecule has 0 aliphatic rings. The van der Waals surface area contributed by atoms with E-state index < -0.39 is 5.91 Å². The molecule has 1 N–H and O–H groups in total. The van der Waals surface area contributed by atoms with Crippen LogP contribution in [0.15, 0.2) is 34.0 Å². The van der Waals surface area contributed by atoms with Crippen LogP contribution in [0, 0.1) is 6.92 Å². The van der Waals surface area contributed by atoms with Gasteiger partial charge in [0.25, 0.3) is 5.91 Å². The molecule has 1 aromatic heterocycles. The molecule has 0 atom stereocenters. The van der Waals surface area contributed by atoms with Gasteiger partial charge in [0, 0.05) is 19.8 Å². The van der Waals surface area contributed by atoms with E-state index in [0.29, 0.717) is 5.69 Å². The molecular formula is C13H15N5O2. The second-order valence-electron chi connectivity index (χ2n) is 4.38. The zero-order valence-electron chi connectivity index (χ0n) is 11.5. The predicted octanol–water partition coefficient (Wildman–Crippen LogP) is 1.21. The zero-order chi connectivity index (χ0) is 14.5. The number of benzene rings is 1. The first-order valence-electron chi connectivity index (χ1n) is 5.98. The minimum atomic E-state index is -0.454. The lowest BCUT2D eigenvalue weighted by molar-refractivity contribution is 0.0945. The maximum atomic E-state index is 11.7. The predicted molar refractivity (Wildman–Crippen MR) is 74.9 cm³/mol. The van der Waals surface area contributed by atoms with E-state index in [4.69, 9.17) is 0 Å². The molecule has 0 bridgehead atoms. The summed E-state index contributed by atoms with van der Waals surface area (Å²) in [4.78, 5) is 13.7. The van der Waals surface area contributed by atoms with Crippen molar-refractivity contribution < 1.29 is 9.42 Å². The van der Waals surface area contributed by atoms with Crippen molar-refractivity contribution >= 4 is 17.8 Å². The Kier molecular flexibility index (Phi) is 4.09.